The largest absolute Gasteiger partial charge is 0.394 e. The van der Waals surface area contributed by atoms with Crippen molar-refractivity contribution in [1.29, 1.82) is 0 Å². The van der Waals surface area contributed by atoms with Crippen LogP contribution in [0.3, 0.4) is 0 Å². The summed E-state index contributed by atoms with van der Waals surface area (Å²) in [5.41, 5.74) is 3.63. The van der Waals surface area contributed by atoms with Crippen molar-refractivity contribution in [2.75, 3.05) is 6.61 Å². The highest BCUT2D eigenvalue weighted by Gasteiger charge is 2.46. The van der Waals surface area contributed by atoms with Crippen molar-refractivity contribution in [3.05, 3.63) is 36.7 Å². The first kappa shape index (κ1) is 26.4. The third-order valence-corrected chi connectivity index (χ3v) is 6.79. The summed E-state index contributed by atoms with van der Waals surface area (Å²) in [6, 6.07) is 0. The van der Waals surface area contributed by atoms with E-state index in [1.54, 1.807) is 11.5 Å². The van der Waals surface area contributed by atoms with Crippen LogP contribution >= 0.6 is 0 Å². The Morgan fingerprint density at radius 3 is 1.61 bits per heavy atom. The van der Waals surface area contributed by atoms with Crippen LogP contribution in [0.2, 0.25) is 0 Å². The molecule has 0 aliphatic carbocycles. The molecular weight excluding hydrogens is 506 g/mol. The standard InChI is InChI=1S/C12H15FN4O2.C11H13FN4O3/c1-3-7-8(13)10(18)12(19-7)17-5-16-9-6(2)14-4-15-11(9)17;1-5-8-10(14-3-13-5)16(4-15-8)11-9(18)7(12)6(2-17)19-11/h4-5,7-8,10,12,18H,3H2,1-2H3;3-4,6-7,9,11,17-18H,2H2,1H3/t7?,8-,10?,12?;6?,7-,9?,11?/m00/s1. The summed E-state index contributed by atoms with van der Waals surface area (Å²) in [5.74, 6) is 0. The van der Waals surface area contributed by atoms with Crippen LogP contribution in [-0.4, -0.2) is 97.7 Å². The van der Waals surface area contributed by atoms with Gasteiger partial charge in [0.1, 0.15) is 42.0 Å². The molecule has 2 saturated heterocycles. The monoisotopic (exact) mass is 534 g/mol. The molecular formula is C23H28F2N8O5. The van der Waals surface area contributed by atoms with Gasteiger partial charge in [-0.1, -0.05) is 6.92 Å². The second-order valence-corrected chi connectivity index (χ2v) is 9.16. The minimum atomic E-state index is -1.64. The molecule has 2 aliphatic rings. The Morgan fingerprint density at radius 1 is 0.763 bits per heavy atom. The van der Waals surface area contributed by atoms with Crippen molar-refractivity contribution in [3.63, 3.8) is 0 Å². The Labute approximate surface area is 215 Å². The van der Waals surface area contributed by atoms with Gasteiger partial charge in [0.15, 0.2) is 36.1 Å². The zero-order chi connectivity index (χ0) is 27.1. The maximum atomic E-state index is 13.9. The summed E-state index contributed by atoms with van der Waals surface area (Å²) in [4.78, 5) is 24.6. The van der Waals surface area contributed by atoms with Crippen molar-refractivity contribution in [2.45, 2.75) is 76.4 Å². The Hall–Kier alpha value is -3.24. The molecule has 0 bridgehead atoms. The van der Waals surface area contributed by atoms with Crippen LogP contribution in [0, 0.1) is 13.8 Å². The molecule has 8 atom stereocenters. The van der Waals surface area contributed by atoms with E-state index in [1.807, 2.05) is 13.8 Å². The molecule has 0 spiro atoms. The van der Waals surface area contributed by atoms with Crippen LogP contribution in [0.1, 0.15) is 37.2 Å². The van der Waals surface area contributed by atoms with Crippen LogP contribution in [-0.2, 0) is 9.47 Å². The maximum Gasteiger partial charge on any atom is 0.166 e. The van der Waals surface area contributed by atoms with Gasteiger partial charge in [-0.3, -0.25) is 9.13 Å². The third kappa shape index (κ3) is 4.39. The number of ether oxygens (including phenoxy) is 2. The van der Waals surface area contributed by atoms with E-state index in [4.69, 9.17) is 14.6 Å². The minimum Gasteiger partial charge on any atom is -0.394 e. The summed E-state index contributed by atoms with van der Waals surface area (Å²) in [5, 5.41) is 28.8. The number of aryl methyl sites for hydroxylation is 2. The summed E-state index contributed by atoms with van der Waals surface area (Å²) in [7, 11) is 0. The van der Waals surface area contributed by atoms with E-state index in [0.29, 0.717) is 34.4 Å². The number of aliphatic hydroxyl groups excluding tert-OH is 3. The summed E-state index contributed by atoms with van der Waals surface area (Å²) >= 11 is 0. The average Bonchev–Trinajstić information content (AvgIpc) is 3.67. The fourth-order valence-corrected chi connectivity index (χ4v) is 4.66. The number of rotatable bonds is 4. The fraction of sp³-hybridized carbons (Fsp3) is 0.565. The second kappa shape index (κ2) is 10.5. The van der Waals surface area contributed by atoms with E-state index in [0.717, 1.165) is 5.69 Å². The molecule has 4 aromatic heterocycles. The maximum absolute atomic E-state index is 13.9. The van der Waals surface area contributed by atoms with Crippen molar-refractivity contribution < 1.29 is 33.6 Å². The highest BCUT2D eigenvalue weighted by atomic mass is 19.1. The van der Waals surface area contributed by atoms with Gasteiger partial charge in [0.2, 0.25) is 0 Å². The molecule has 0 aromatic carbocycles. The lowest BCUT2D eigenvalue weighted by molar-refractivity contribution is -0.0495. The van der Waals surface area contributed by atoms with Crippen LogP contribution in [0.25, 0.3) is 22.3 Å². The summed E-state index contributed by atoms with van der Waals surface area (Å²) in [6.45, 7) is 4.93. The fourth-order valence-electron chi connectivity index (χ4n) is 4.66. The number of alkyl halides is 2. The topological polar surface area (TPSA) is 166 Å². The van der Waals surface area contributed by atoms with Crippen LogP contribution < -0.4 is 0 Å². The van der Waals surface area contributed by atoms with E-state index in [9.17, 15) is 19.0 Å². The van der Waals surface area contributed by atoms with Crippen LogP contribution in [0.15, 0.2) is 25.3 Å². The molecule has 2 aliphatic heterocycles. The van der Waals surface area contributed by atoms with E-state index in [1.165, 1.54) is 29.9 Å². The zero-order valence-corrected chi connectivity index (χ0v) is 20.8. The van der Waals surface area contributed by atoms with Crippen LogP contribution in [0.5, 0.6) is 0 Å². The Bertz CT molecular complexity index is 1310. The number of aromatic nitrogens is 8. The lowest BCUT2D eigenvalue weighted by atomic mass is 10.1. The van der Waals surface area contributed by atoms with Crippen molar-refractivity contribution >= 4 is 22.3 Å². The summed E-state index contributed by atoms with van der Waals surface area (Å²) < 4.78 is 41.5. The minimum absolute atomic E-state index is 0.460. The highest BCUT2D eigenvalue weighted by Crippen LogP contribution is 2.35. The molecule has 0 radical (unpaired) electrons. The molecule has 6 unspecified atom stereocenters. The highest BCUT2D eigenvalue weighted by molar-refractivity contribution is 5.73. The summed E-state index contributed by atoms with van der Waals surface area (Å²) in [6.07, 6.45) is -2.78. The lowest BCUT2D eigenvalue weighted by Gasteiger charge is -2.16. The van der Waals surface area contributed by atoms with Gasteiger partial charge in [0.25, 0.3) is 0 Å². The molecule has 3 N–H and O–H groups in total. The van der Waals surface area contributed by atoms with E-state index >= 15 is 0 Å². The third-order valence-electron chi connectivity index (χ3n) is 6.79. The number of imidazole rings is 2. The average molecular weight is 535 g/mol. The van der Waals surface area contributed by atoms with Gasteiger partial charge < -0.3 is 24.8 Å². The first-order valence-corrected chi connectivity index (χ1v) is 12.1. The zero-order valence-electron chi connectivity index (χ0n) is 20.8. The Morgan fingerprint density at radius 2 is 1.21 bits per heavy atom. The molecule has 6 heterocycles. The van der Waals surface area contributed by atoms with E-state index in [-0.39, 0.29) is 0 Å². The van der Waals surface area contributed by atoms with Crippen LogP contribution in [0.4, 0.5) is 8.78 Å². The molecule has 6 rings (SSSR count). The van der Waals surface area contributed by atoms with Gasteiger partial charge in [-0.25, -0.2) is 38.7 Å². The molecule has 0 amide bonds. The predicted octanol–water partition coefficient (Wildman–Crippen LogP) is 0.865. The second-order valence-electron chi connectivity index (χ2n) is 9.16. The van der Waals surface area contributed by atoms with Gasteiger partial charge in [0.05, 0.1) is 36.8 Å². The van der Waals surface area contributed by atoms with Crippen molar-refractivity contribution in [1.82, 2.24) is 39.0 Å². The Balaban J connectivity index is 0.000000155. The normalized spacial score (nSPS) is 31.2. The Kier molecular flexibility index (Phi) is 7.28. The number of hydrogen-bond acceptors (Lipinski definition) is 11. The van der Waals surface area contributed by atoms with Gasteiger partial charge in [-0.05, 0) is 20.3 Å². The van der Waals surface area contributed by atoms with Crippen molar-refractivity contribution in [3.8, 4) is 0 Å². The SMILES string of the molecule is CCC1OC(n2cnc3c(C)ncnc32)C(O)[C@H]1F.Cc1ncnc2c1ncn2C1OC(CO)[C@H](F)C1O. The van der Waals surface area contributed by atoms with Gasteiger partial charge >= 0.3 is 0 Å². The first-order chi connectivity index (χ1) is 18.3. The molecule has 38 heavy (non-hydrogen) atoms. The number of nitrogens with zero attached hydrogens (tertiary/aromatic N) is 8. The van der Waals surface area contributed by atoms with Gasteiger partial charge in [-0.15, -0.1) is 0 Å². The molecule has 204 valence electrons. The predicted molar refractivity (Wildman–Crippen MR) is 127 cm³/mol. The van der Waals surface area contributed by atoms with Gasteiger partial charge in [-0.2, -0.15) is 0 Å². The number of fused-ring (bicyclic) bond motifs is 2. The van der Waals surface area contributed by atoms with E-state index in [2.05, 4.69) is 29.9 Å². The smallest absolute Gasteiger partial charge is 0.166 e. The molecule has 15 heteroatoms. The van der Waals surface area contributed by atoms with E-state index < -0.39 is 55.8 Å². The molecule has 0 saturated carbocycles. The lowest BCUT2D eigenvalue weighted by Crippen LogP contribution is -2.29. The number of hydrogen-bond donors (Lipinski definition) is 3. The number of halogens is 2. The molecule has 4 aromatic rings. The molecule has 2 fully saturated rings. The van der Waals surface area contributed by atoms with Crippen molar-refractivity contribution in [2.24, 2.45) is 0 Å². The molecule has 13 nitrogen and oxygen atoms in total. The number of aliphatic hydroxyl groups is 3. The van der Waals surface area contributed by atoms with Gasteiger partial charge in [0, 0.05) is 0 Å². The first-order valence-electron chi connectivity index (χ1n) is 12.1. The quantitative estimate of drug-likeness (QED) is 0.340.